The van der Waals surface area contributed by atoms with E-state index >= 15 is 0 Å². The van der Waals surface area contributed by atoms with Crippen LogP contribution in [0, 0.1) is 0 Å². The minimum absolute atomic E-state index is 0. The molecule has 6 nitrogen and oxygen atoms in total. The fourth-order valence-corrected chi connectivity index (χ4v) is 1.98. The van der Waals surface area contributed by atoms with E-state index in [1.807, 2.05) is 0 Å². The van der Waals surface area contributed by atoms with Gasteiger partial charge in [-0.15, -0.1) is 0 Å². The fraction of sp³-hybridized carbons (Fsp3) is 1.00. The van der Waals surface area contributed by atoms with Gasteiger partial charge in [-0.1, -0.05) is 0 Å². The van der Waals surface area contributed by atoms with Crippen LogP contribution in [-0.2, 0) is 25.6 Å². The molecule has 0 saturated heterocycles. The van der Waals surface area contributed by atoms with Crippen LogP contribution in [0.5, 0.6) is 0 Å². The summed E-state index contributed by atoms with van der Waals surface area (Å²) in [6.45, 7) is 3.04. The first-order valence-corrected chi connectivity index (χ1v) is 6.58. The van der Waals surface area contributed by atoms with E-state index in [4.69, 9.17) is 25.6 Å². The van der Waals surface area contributed by atoms with Gasteiger partial charge in [0.2, 0.25) is 0 Å². The Morgan fingerprint density at radius 2 is 0.882 bits per heavy atom. The predicted molar refractivity (Wildman–Crippen MR) is 66.4 cm³/mol. The Bertz CT molecular complexity index is 119. The standard InChI is InChI=1S/3C3H7O2.Al.Na.H/c3*1-5-3-2-4;;;/h3*2-3H2,1H3;;;/q3*-1;+3;;. The molecule has 0 N–H and O–H groups in total. The third-order valence-electron chi connectivity index (χ3n) is 1.62. The molecule has 0 atom stereocenters. The molecular weight excluding hydrogens is 254 g/mol. The van der Waals surface area contributed by atoms with Crippen LogP contribution < -0.4 is 0 Å². The van der Waals surface area contributed by atoms with E-state index in [9.17, 15) is 0 Å². The Balaban J connectivity index is 0. The van der Waals surface area contributed by atoms with Crippen LogP contribution in [0.3, 0.4) is 0 Å². The molecular formula is C9H22AlNaO6. The van der Waals surface area contributed by atoms with Crippen molar-refractivity contribution in [3.63, 3.8) is 0 Å². The number of hydrogen-bond acceptors (Lipinski definition) is 6. The van der Waals surface area contributed by atoms with E-state index in [0.29, 0.717) is 39.6 Å². The van der Waals surface area contributed by atoms with Crippen molar-refractivity contribution < 1.29 is 25.6 Å². The average molecular weight is 276 g/mol. The molecule has 0 unspecified atom stereocenters. The van der Waals surface area contributed by atoms with E-state index < -0.39 is 15.1 Å². The molecule has 0 aromatic heterocycles. The molecule has 8 heteroatoms. The summed E-state index contributed by atoms with van der Waals surface area (Å²) < 4.78 is 30.9. The molecule has 0 radical (unpaired) electrons. The number of methoxy groups -OCH3 is 3. The summed E-state index contributed by atoms with van der Waals surface area (Å²) >= 11 is -2.07. The van der Waals surface area contributed by atoms with Crippen LogP contribution in [-0.4, -0.2) is 106 Å². The zero-order valence-corrected chi connectivity index (χ0v) is 11.4. The molecule has 0 amide bonds. The number of rotatable bonds is 12. The van der Waals surface area contributed by atoms with Gasteiger partial charge in [-0.25, -0.2) is 0 Å². The SMILES string of the molecule is COCC[O][Al]([O]CCOC)[O]CCOC.[NaH]. The van der Waals surface area contributed by atoms with Gasteiger partial charge in [-0.05, 0) is 0 Å². The third-order valence-corrected chi connectivity index (χ3v) is 3.15. The van der Waals surface area contributed by atoms with Crippen molar-refractivity contribution in [2.24, 2.45) is 0 Å². The van der Waals surface area contributed by atoms with Gasteiger partial charge in [0.05, 0.1) is 19.8 Å². The first-order chi connectivity index (χ1) is 7.85. The number of hydrogen-bond donors (Lipinski definition) is 0. The molecule has 0 heterocycles. The molecule has 17 heavy (non-hydrogen) atoms. The summed E-state index contributed by atoms with van der Waals surface area (Å²) in [5.74, 6) is 0. The Morgan fingerprint density at radius 3 is 1.12 bits per heavy atom. The van der Waals surface area contributed by atoms with Crippen LogP contribution in [0.4, 0.5) is 0 Å². The van der Waals surface area contributed by atoms with Crippen LogP contribution in [0.25, 0.3) is 0 Å². The minimum atomic E-state index is -2.07. The monoisotopic (exact) mass is 276 g/mol. The van der Waals surface area contributed by atoms with Gasteiger partial charge in [0.15, 0.2) is 0 Å². The normalized spacial score (nSPS) is 10.1. The molecule has 0 fully saturated rings. The molecule has 0 rings (SSSR count). The summed E-state index contributed by atoms with van der Waals surface area (Å²) in [5, 5.41) is 0. The van der Waals surface area contributed by atoms with Crippen molar-refractivity contribution in [3.05, 3.63) is 0 Å². The average Bonchev–Trinajstić information content (AvgIpc) is 2.29. The van der Waals surface area contributed by atoms with Crippen molar-refractivity contribution in [1.29, 1.82) is 0 Å². The van der Waals surface area contributed by atoms with Crippen LogP contribution in [0.1, 0.15) is 0 Å². The van der Waals surface area contributed by atoms with E-state index in [1.54, 1.807) is 21.3 Å². The van der Waals surface area contributed by atoms with Gasteiger partial charge in [0.1, 0.15) is 0 Å². The van der Waals surface area contributed by atoms with Crippen molar-refractivity contribution >= 4 is 44.7 Å². The second-order valence-electron chi connectivity index (χ2n) is 2.88. The number of ether oxygens (including phenoxy) is 3. The first-order valence-electron chi connectivity index (χ1n) is 5.16. The topological polar surface area (TPSA) is 55.4 Å². The summed E-state index contributed by atoms with van der Waals surface area (Å²) in [6, 6.07) is 0. The molecule has 0 aromatic rings. The molecule has 98 valence electrons. The van der Waals surface area contributed by atoms with E-state index in [2.05, 4.69) is 0 Å². The second kappa shape index (κ2) is 17.3. The quantitative estimate of drug-likeness (QED) is 0.347. The zero-order valence-electron chi connectivity index (χ0n) is 10.3. The zero-order chi connectivity index (χ0) is 12.1. The molecule has 0 saturated carbocycles. The van der Waals surface area contributed by atoms with E-state index in [1.165, 1.54) is 0 Å². The van der Waals surface area contributed by atoms with Crippen molar-refractivity contribution in [3.8, 4) is 0 Å². The van der Waals surface area contributed by atoms with Crippen molar-refractivity contribution in [1.82, 2.24) is 0 Å². The molecule has 0 aliphatic carbocycles. The van der Waals surface area contributed by atoms with Crippen molar-refractivity contribution in [2.45, 2.75) is 0 Å². The molecule has 0 aliphatic heterocycles. The Kier molecular flexibility index (Phi) is 21.0. The summed E-state index contributed by atoms with van der Waals surface area (Å²) in [5.41, 5.74) is 0. The molecule has 0 bridgehead atoms. The Morgan fingerprint density at radius 1 is 0.588 bits per heavy atom. The fourth-order valence-electron chi connectivity index (χ4n) is 0.827. The predicted octanol–water partition coefficient (Wildman–Crippen LogP) is -0.688. The van der Waals surface area contributed by atoms with Gasteiger partial charge in [0, 0.05) is 41.2 Å². The van der Waals surface area contributed by atoms with Crippen LogP contribution in [0.2, 0.25) is 0 Å². The van der Waals surface area contributed by atoms with Gasteiger partial charge in [-0.3, -0.25) is 0 Å². The van der Waals surface area contributed by atoms with Crippen LogP contribution >= 0.6 is 0 Å². The van der Waals surface area contributed by atoms with Gasteiger partial charge < -0.3 is 25.6 Å². The second-order valence-corrected chi connectivity index (χ2v) is 4.46. The summed E-state index contributed by atoms with van der Waals surface area (Å²) in [6.07, 6.45) is 0. The molecule has 0 aliphatic rings. The maximum atomic E-state index is 5.43. The van der Waals surface area contributed by atoms with Gasteiger partial charge >= 0.3 is 44.7 Å². The molecule has 0 aromatic carbocycles. The summed E-state index contributed by atoms with van der Waals surface area (Å²) in [7, 11) is 4.87. The maximum absolute atomic E-state index is 5.43. The van der Waals surface area contributed by atoms with Gasteiger partial charge in [0.25, 0.3) is 0 Å². The van der Waals surface area contributed by atoms with E-state index in [-0.39, 0.29) is 29.6 Å². The third kappa shape index (κ3) is 15.2. The van der Waals surface area contributed by atoms with Crippen molar-refractivity contribution in [2.75, 3.05) is 61.0 Å². The Hall–Kier alpha value is 1.29. The molecule has 0 spiro atoms. The first kappa shape index (κ1) is 20.6. The van der Waals surface area contributed by atoms with Gasteiger partial charge in [-0.2, -0.15) is 0 Å². The van der Waals surface area contributed by atoms with E-state index in [0.717, 1.165) is 0 Å². The Labute approximate surface area is 131 Å². The summed E-state index contributed by atoms with van der Waals surface area (Å²) in [4.78, 5) is 0. The van der Waals surface area contributed by atoms with Crippen LogP contribution in [0.15, 0.2) is 0 Å².